The minimum Gasteiger partial charge on any atom is -0.477 e. The second kappa shape index (κ2) is 4.84. The molecule has 1 heterocycles. The minimum absolute atomic E-state index is 0.0186. The van der Waals surface area contributed by atoms with E-state index in [-0.39, 0.29) is 11.1 Å². The van der Waals surface area contributed by atoms with Gasteiger partial charge in [-0.05, 0) is 23.3 Å². The van der Waals surface area contributed by atoms with Gasteiger partial charge in [0.1, 0.15) is 5.56 Å². The van der Waals surface area contributed by atoms with Crippen molar-refractivity contribution in [1.29, 1.82) is 0 Å². The van der Waals surface area contributed by atoms with Crippen molar-refractivity contribution in [3.63, 3.8) is 0 Å². The number of hydrogen-bond donors (Lipinski definition) is 2. The summed E-state index contributed by atoms with van der Waals surface area (Å²) in [6, 6.07) is 5.65. The van der Waals surface area contributed by atoms with Gasteiger partial charge in [0.25, 0.3) is 5.56 Å². The largest absolute Gasteiger partial charge is 0.477 e. The zero-order valence-electron chi connectivity index (χ0n) is 9.86. The smallest absolute Gasteiger partial charge is 0.417 e. The molecule has 0 amide bonds. The monoisotopic (exact) mass is 283 g/mol. The van der Waals surface area contributed by atoms with Crippen molar-refractivity contribution in [3.8, 4) is 11.1 Å². The Labute approximate surface area is 110 Å². The fourth-order valence-corrected chi connectivity index (χ4v) is 1.78. The van der Waals surface area contributed by atoms with Gasteiger partial charge in [-0.3, -0.25) is 4.79 Å². The van der Waals surface area contributed by atoms with Crippen molar-refractivity contribution < 1.29 is 23.1 Å². The van der Waals surface area contributed by atoms with Crippen molar-refractivity contribution in [2.45, 2.75) is 6.18 Å². The van der Waals surface area contributed by atoms with Crippen molar-refractivity contribution in [2.24, 2.45) is 0 Å². The fourth-order valence-electron chi connectivity index (χ4n) is 1.78. The molecule has 2 aromatic rings. The maximum absolute atomic E-state index is 12.9. The highest BCUT2D eigenvalue weighted by Crippen LogP contribution is 2.36. The van der Waals surface area contributed by atoms with Gasteiger partial charge in [-0.2, -0.15) is 13.2 Å². The SMILES string of the molecule is O=C(O)c1cc(-c2ccccc2C(F)(F)F)c[nH]c1=O. The molecule has 4 nitrogen and oxygen atoms in total. The molecule has 104 valence electrons. The molecule has 7 heteroatoms. The average Bonchev–Trinajstić information content (AvgIpc) is 2.38. The number of H-pyrrole nitrogens is 1. The number of alkyl halides is 3. The van der Waals surface area contributed by atoms with Gasteiger partial charge in [0.15, 0.2) is 0 Å². The first kappa shape index (κ1) is 13.9. The van der Waals surface area contributed by atoms with Crippen LogP contribution in [0.1, 0.15) is 15.9 Å². The number of aromatic carboxylic acids is 1. The summed E-state index contributed by atoms with van der Waals surface area (Å²) >= 11 is 0. The number of benzene rings is 1. The van der Waals surface area contributed by atoms with Crippen LogP contribution >= 0.6 is 0 Å². The zero-order valence-corrected chi connectivity index (χ0v) is 9.86. The van der Waals surface area contributed by atoms with Crippen LogP contribution in [0.15, 0.2) is 41.3 Å². The van der Waals surface area contributed by atoms with Crippen LogP contribution < -0.4 is 5.56 Å². The van der Waals surface area contributed by atoms with Gasteiger partial charge < -0.3 is 10.1 Å². The van der Waals surface area contributed by atoms with Gasteiger partial charge in [-0.15, -0.1) is 0 Å². The Kier molecular flexibility index (Phi) is 3.35. The first-order valence-corrected chi connectivity index (χ1v) is 5.43. The highest BCUT2D eigenvalue weighted by atomic mass is 19.4. The molecular formula is C13H8F3NO3. The summed E-state index contributed by atoms with van der Waals surface area (Å²) in [4.78, 5) is 24.2. The van der Waals surface area contributed by atoms with E-state index in [9.17, 15) is 22.8 Å². The highest BCUT2D eigenvalue weighted by Gasteiger charge is 2.33. The molecule has 0 aliphatic heterocycles. The predicted octanol–water partition coefficient (Wildman–Crippen LogP) is 2.76. The normalized spacial score (nSPS) is 11.3. The van der Waals surface area contributed by atoms with Crippen molar-refractivity contribution >= 4 is 5.97 Å². The van der Waals surface area contributed by atoms with E-state index in [2.05, 4.69) is 4.98 Å². The maximum atomic E-state index is 12.9. The quantitative estimate of drug-likeness (QED) is 0.890. The van der Waals surface area contributed by atoms with Gasteiger partial charge in [0.05, 0.1) is 5.56 Å². The van der Waals surface area contributed by atoms with Crippen LogP contribution in [0.5, 0.6) is 0 Å². The lowest BCUT2D eigenvalue weighted by Gasteiger charge is -2.12. The number of pyridine rings is 1. The molecule has 0 fully saturated rings. The molecule has 0 bridgehead atoms. The average molecular weight is 283 g/mol. The van der Waals surface area contributed by atoms with Crippen molar-refractivity contribution in [1.82, 2.24) is 4.98 Å². The third kappa shape index (κ3) is 2.56. The Morgan fingerprint density at radius 1 is 1.20 bits per heavy atom. The molecule has 1 aromatic carbocycles. The molecule has 2 rings (SSSR count). The first-order valence-electron chi connectivity index (χ1n) is 5.43. The number of aromatic amines is 1. The van der Waals surface area contributed by atoms with E-state index < -0.39 is 28.8 Å². The minimum atomic E-state index is -4.57. The summed E-state index contributed by atoms with van der Waals surface area (Å²) in [5, 5.41) is 8.82. The highest BCUT2D eigenvalue weighted by molar-refractivity contribution is 5.89. The summed E-state index contributed by atoms with van der Waals surface area (Å²) in [6.07, 6.45) is -3.52. The lowest BCUT2D eigenvalue weighted by Crippen LogP contribution is -2.17. The second-order valence-electron chi connectivity index (χ2n) is 3.98. The molecule has 0 spiro atoms. The molecule has 0 aliphatic rings. The third-order valence-electron chi connectivity index (χ3n) is 2.68. The number of carbonyl (C=O) groups is 1. The van der Waals surface area contributed by atoms with Gasteiger partial charge in [0.2, 0.25) is 0 Å². The number of rotatable bonds is 2. The predicted molar refractivity (Wildman–Crippen MR) is 64.5 cm³/mol. The molecule has 0 atom stereocenters. The van der Waals surface area contributed by atoms with E-state index in [1.165, 1.54) is 18.2 Å². The number of aromatic nitrogens is 1. The van der Waals surface area contributed by atoms with Gasteiger partial charge in [0, 0.05) is 6.20 Å². The molecule has 0 unspecified atom stereocenters. The lowest BCUT2D eigenvalue weighted by molar-refractivity contribution is -0.137. The zero-order chi connectivity index (χ0) is 14.9. The summed E-state index contributed by atoms with van der Waals surface area (Å²) in [5.74, 6) is -1.50. The number of nitrogens with one attached hydrogen (secondary N) is 1. The van der Waals surface area contributed by atoms with Crippen molar-refractivity contribution in [3.05, 3.63) is 58.0 Å². The Balaban J connectivity index is 2.67. The number of carboxylic acids is 1. The molecule has 1 aromatic heterocycles. The third-order valence-corrected chi connectivity index (χ3v) is 2.68. The Morgan fingerprint density at radius 3 is 2.45 bits per heavy atom. The first-order chi connectivity index (χ1) is 9.30. The van der Waals surface area contributed by atoms with E-state index in [4.69, 9.17) is 5.11 Å². The van der Waals surface area contributed by atoms with Gasteiger partial charge in [-0.1, -0.05) is 18.2 Å². The summed E-state index contributed by atoms with van der Waals surface area (Å²) in [7, 11) is 0. The Morgan fingerprint density at radius 2 is 1.85 bits per heavy atom. The number of carboxylic acid groups (broad SMARTS) is 1. The van der Waals surface area contributed by atoms with Gasteiger partial charge in [-0.25, -0.2) is 4.79 Å². The van der Waals surface area contributed by atoms with Crippen LogP contribution in [0.4, 0.5) is 13.2 Å². The maximum Gasteiger partial charge on any atom is 0.417 e. The lowest BCUT2D eigenvalue weighted by atomic mass is 9.99. The van der Waals surface area contributed by atoms with E-state index in [1.807, 2.05) is 0 Å². The van der Waals surface area contributed by atoms with Crippen LogP contribution in [-0.4, -0.2) is 16.1 Å². The second-order valence-corrected chi connectivity index (χ2v) is 3.98. The van der Waals surface area contributed by atoms with Crippen LogP contribution in [0, 0.1) is 0 Å². The standard InChI is InChI=1S/C13H8F3NO3/c14-13(15,16)10-4-2-1-3-8(10)7-5-9(12(19)20)11(18)17-6-7/h1-6H,(H,17,18)(H,19,20). The molecule has 2 N–H and O–H groups in total. The molecular weight excluding hydrogens is 275 g/mol. The van der Waals surface area contributed by atoms with Crippen LogP contribution in [0.3, 0.4) is 0 Å². The van der Waals surface area contributed by atoms with Crippen molar-refractivity contribution in [2.75, 3.05) is 0 Å². The number of halogens is 3. The van der Waals surface area contributed by atoms with Crippen LogP contribution in [0.25, 0.3) is 11.1 Å². The van der Waals surface area contributed by atoms with E-state index in [0.29, 0.717) is 0 Å². The molecule has 0 saturated heterocycles. The van der Waals surface area contributed by atoms with Crippen LogP contribution in [0.2, 0.25) is 0 Å². The van der Waals surface area contributed by atoms with Crippen LogP contribution in [-0.2, 0) is 6.18 Å². The summed E-state index contributed by atoms with van der Waals surface area (Å²) < 4.78 is 38.7. The van der Waals surface area contributed by atoms with Gasteiger partial charge >= 0.3 is 12.1 Å². The fraction of sp³-hybridized carbons (Fsp3) is 0.0769. The molecule has 20 heavy (non-hydrogen) atoms. The Hall–Kier alpha value is -2.57. The van der Waals surface area contributed by atoms with E-state index in [0.717, 1.165) is 18.3 Å². The van der Waals surface area contributed by atoms with E-state index in [1.54, 1.807) is 0 Å². The molecule has 0 radical (unpaired) electrons. The summed E-state index contributed by atoms with van der Waals surface area (Å²) in [5.41, 5.74) is -2.60. The molecule has 0 aliphatic carbocycles. The number of hydrogen-bond acceptors (Lipinski definition) is 2. The summed E-state index contributed by atoms with van der Waals surface area (Å²) in [6.45, 7) is 0. The topological polar surface area (TPSA) is 70.2 Å². The Bertz CT molecular complexity index is 719. The van der Waals surface area contributed by atoms with E-state index >= 15 is 0 Å². The molecule has 0 saturated carbocycles.